The summed E-state index contributed by atoms with van der Waals surface area (Å²) in [5.74, 6) is 1.25. The zero-order valence-corrected chi connectivity index (χ0v) is 10.8. The van der Waals surface area contributed by atoms with Crippen LogP contribution in [0, 0.1) is 24.9 Å². The number of hydrogen-bond donors (Lipinski definition) is 0. The summed E-state index contributed by atoms with van der Waals surface area (Å²) in [4.78, 5) is 12.0. The summed E-state index contributed by atoms with van der Waals surface area (Å²) in [7, 11) is 3.35. The monoisotopic (exact) mass is 237 g/mol. The number of ether oxygens (including phenoxy) is 1. The van der Waals surface area contributed by atoms with Gasteiger partial charge in [0.25, 0.3) is 0 Å². The molecule has 0 aromatic carbocycles. The van der Waals surface area contributed by atoms with Crippen LogP contribution in [0.2, 0.25) is 0 Å². The lowest BCUT2D eigenvalue weighted by Crippen LogP contribution is -2.34. The van der Waals surface area contributed by atoms with Gasteiger partial charge < -0.3 is 4.74 Å². The molecule has 0 heterocycles. The molecule has 97 valence electrons. The average molecular weight is 237 g/mol. The zero-order chi connectivity index (χ0) is 12.1. The van der Waals surface area contributed by atoms with E-state index in [-0.39, 0.29) is 11.9 Å². The SMILES string of the molecule is [CH2]OC(=O)C(C1CCCCC1)C1CCCCC1. The van der Waals surface area contributed by atoms with Gasteiger partial charge >= 0.3 is 5.97 Å². The standard InChI is InChI=1S/C15H25O2/c1-17-15(16)14(12-8-4-2-5-9-12)13-10-6-3-7-11-13/h12-14H,1-11H2. The Bertz CT molecular complexity index is 219. The van der Waals surface area contributed by atoms with Gasteiger partial charge in [-0.2, -0.15) is 0 Å². The van der Waals surface area contributed by atoms with Crippen LogP contribution in [0.15, 0.2) is 0 Å². The number of carbonyl (C=O) groups excluding carboxylic acids is 1. The molecule has 0 aromatic heterocycles. The van der Waals surface area contributed by atoms with Gasteiger partial charge in [0.15, 0.2) is 0 Å². The highest BCUT2D eigenvalue weighted by Crippen LogP contribution is 2.40. The molecular weight excluding hydrogens is 212 g/mol. The Morgan fingerprint density at radius 3 is 1.65 bits per heavy atom. The van der Waals surface area contributed by atoms with E-state index in [1.807, 2.05) is 0 Å². The Morgan fingerprint density at radius 2 is 1.29 bits per heavy atom. The lowest BCUT2D eigenvalue weighted by Gasteiger charge is -2.35. The van der Waals surface area contributed by atoms with Gasteiger partial charge in [-0.25, -0.2) is 0 Å². The highest BCUT2D eigenvalue weighted by Gasteiger charge is 2.37. The van der Waals surface area contributed by atoms with Crippen molar-refractivity contribution in [2.75, 3.05) is 0 Å². The van der Waals surface area contributed by atoms with Gasteiger partial charge in [-0.3, -0.25) is 4.79 Å². The molecule has 0 aliphatic heterocycles. The molecule has 0 amide bonds. The number of hydrogen-bond acceptors (Lipinski definition) is 2. The van der Waals surface area contributed by atoms with Crippen LogP contribution >= 0.6 is 0 Å². The first-order chi connectivity index (χ1) is 8.33. The average Bonchev–Trinajstić information content (AvgIpc) is 2.41. The first-order valence-electron chi connectivity index (χ1n) is 7.29. The van der Waals surface area contributed by atoms with Crippen molar-refractivity contribution >= 4 is 5.97 Å². The lowest BCUT2D eigenvalue weighted by molar-refractivity contribution is -0.148. The predicted molar refractivity (Wildman–Crippen MR) is 68.1 cm³/mol. The van der Waals surface area contributed by atoms with Crippen molar-refractivity contribution in [3.05, 3.63) is 7.11 Å². The van der Waals surface area contributed by atoms with Crippen LogP contribution in [0.3, 0.4) is 0 Å². The second-order valence-corrected chi connectivity index (χ2v) is 5.79. The molecule has 0 N–H and O–H groups in total. The summed E-state index contributed by atoms with van der Waals surface area (Å²) in [5, 5.41) is 0. The van der Waals surface area contributed by atoms with E-state index >= 15 is 0 Å². The molecule has 17 heavy (non-hydrogen) atoms. The minimum absolute atomic E-state index is 0.0381. The van der Waals surface area contributed by atoms with Crippen molar-refractivity contribution in [2.45, 2.75) is 64.2 Å². The fourth-order valence-corrected chi connectivity index (χ4v) is 3.85. The molecule has 2 aliphatic rings. The second kappa shape index (κ2) is 6.42. The fraction of sp³-hybridized carbons (Fsp3) is 0.867. The third-order valence-corrected chi connectivity index (χ3v) is 4.73. The number of carbonyl (C=O) groups is 1. The molecule has 0 unspecified atom stereocenters. The van der Waals surface area contributed by atoms with Crippen molar-refractivity contribution in [3.8, 4) is 0 Å². The molecule has 2 fully saturated rings. The Hall–Kier alpha value is -0.530. The summed E-state index contributed by atoms with van der Waals surface area (Å²) in [6.07, 6.45) is 12.7. The second-order valence-electron chi connectivity index (χ2n) is 5.79. The molecule has 0 spiro atoms. The number of esters is 1. The largest absolute Gasteiger partial charge is 0.462 e. The van der Waals surface area contributed by atoms with E-state index in [9.17, 15) is 4.79 Å². The molecule has 0 aromatic rings. The Kier molecular flexibility index (Phi) is 4.87. The van der Waals surface area contributed by atoms with Crippen molar-refractivity contribution in [1.82, 2.24) is 0 Å². The molecule has 0 saturated heterocycles. The minimum atomic E-state index is -0.0381. The van der Waals surface area contributed by atoms with Gasteiger partial charge in [0, 0.05) is 0 Å². The topological polar surface area (TPSA) is 26.3 Å². The predicted octanol–water partition coefficient (Wildman–Crippen LogP) is 4.10. The molecule has 2 nitrogen and oxygen atoms in total. The lowest BCUT2D eigenvalue weighted by atomic mass is 9.69. The molecule has 2 rings (SSSR count). The summed E-state index contributed by atoms with van der Waals surface area (Å²) in [6.45, 7) is 0. The summed E-state index contributed by atoms with van der Waals surface area (Å²) >= 11 is 0. The number of rotatable bonds is 3. The van der Waals surface area contributed by atoms with Gasteiger partial charge in [0.2, 0.25) is 0 Å². The maximum Gasteiger partial charge on any atom is 0.309 e. The fourth-order valence-electron chi connectivity index (χ4n) is 3.85. The van der Waals surface area contributed by atoms with Crippen LogP contribution in [-0.2, 0) is 9.53 Å². The zero-order valence-electron chi connectivity index (χ0n) is 10.8. The molecule has 2 saturated carbocycles. The molecule has 0 atom stereocenters. The molecule has 2 heteroatoms. The first kappa shape index (κ1) is 12.9. The van der Waals surface area contributed by atoms with Crippen LogP contribution in [-0.4, -0.2) is 5.97 Å². The van der Waals surface area contributed by atoms with Gasteiger partial charge in [0.1, 0.15) is 7.11 Å². The van der Waals surface area contributed by atoms with E-state index in [1.165, 1.54) is 64.2 Å². The van der Waals surface area contributed by atoms with Crippen molar-refractivity contribution < 1.29 is 9.53 Å². The van der Waals surface area contributed by atoms with Crippen molar-refractivity contribution in [3.63, 3.8) is 0 Å². The minimum Gasteiger partial charge on any atom is -0.462 e. The maximum atomic E-state index is 12.0. The maximum absolute atomic E-state index is 12.0. The molecule has 2 aliphatic carbocycles. The van der Waals surface area contributed by atoms with Crippen molar-refractivity contribution in [2.24, 2.45) is 17.8 Å². The third-order valence-electron chi connectivity index (χ3n) is 4.73. The van der Waals surface area contributed by atoms with Crippen LogP contribution < -0.4 is 0 Å². The Balaban J connectivity index is 2.02. The van der Waals surface area contributed by atoms with Crippen LogP contribution in [0.4, 0.5) is 0 Å². The van der Waals surface area contributed by atoms with E-state index in [1.54, 1.807) is 0 Å². The van der Waals surface area contributed by atoms with E-state index in [0.29, 0.717) is 11.8 Å². The summed E-state index contributed by atoms with van der Waals surface area (Å²) < 4.78 is 4.83. The third kappa shape index (κ3) is 3.23. The van der Waals surface area contributed by atoms with Crippen LogP contribution in [0.5, 0.6) is 0 Å². The smallest absolute Gasteiger partial charge is 0.309 e. The molecule has 1 radical (unpaired) electrons. The van der Waals surface area contributed by atoms with Gasteiger partial charge in [-0.15, -0.1) is 0 Å². The summed E-state index contributed by atoms with van der Waals surface area (Å²) in [6, 6.07) is 0. The van der Waals surface area contributed by atoms with Crippen LogP contribution in [0.25, 0.3) is 0 Å². The van der Waals surface area contributed by atoms with Crippen LogP contribution in [0.1, 0.15) is 64.2 Å². The normalized spacial score (nSPS) is 23.9. The molecule has 0 bridgehead atoms. The Labute approximate surface area is 105 Å². The highest BCUT2D eigenvalue weighted by molar-refractivity contribution is 5.73. The van der Waals surface area contributed by atoms with Gasteiger partial charge in [-0.1, -0.05) is 38.5 Å². The van der Waals surface area contributed by atoms with E-state index in [2.05, 4.69) is 7.11 Å². The van der Waals surface area contributed by atoms with E-state index in [0.717, 1.165) is 0 Å². The van der Waals surface area contributed by atoms with E-state index < -0.39 is 0 Å². The highest BCUT2D eigenvalue weighted by atomic mass is 16.5. The van der Waals surface area contributed by atoms with Crippen molar-refractivity contribution in [1.29, 1.82) is 0 Å². The Morgan fingerprint density at radius 1 is 0.882 bits per heavy atom. The van der Waals surface area contributed by atoms with E-state index in [4.69, 9.17) is 4.74 Å². The quantitative estimate of drug-likeness (QED) is 0.691. The van der Waals surface area contributed by atoms with Gasteiger partial charge in [-0.05, 0) is 37.5 Å². The first-order valence-corrected chi connectivity index (χ1v) is 7.29. The summed E-state index contributed by atoms with van der Waals surface area (Å²) in [5.41, 5.74) is 0. The van der Waals surface area contributed by atoms with Gasteiger partial charge in [0.05, 0.1) is 5.92 Å². The molecular formula is C15H25O2.